The van der Waals surface area contributed by atoms with Gasteiger partial charge >= 0.3 is 5.97 Å². The van der Waals surface area contributed by atoms with Gasteiger partial charge in [0.2, 0.25) is 0 Å². The molecule has 2 N–H and O–H groups in total. The van der Waals surface area contributed by atoms with Gasteiger partial charge in [0.15, 0.2) is 0 Å². The van der Waals surface area contributed by atoms with Crippen molar-refractivity contribution < 1.29 is 19.4 Å². The minimum absolute atomic E-state index is 0.0214. The number of aryl methyl sites for hydroxylation is 1. The fourth-order valence-corrected chi connectivity index (χ4v) is 2.48. The standard InChI is InChI=1S/C20H17ClN2O4/c1-3-27-18-7-5-13(20(25)26)8-14(18)9-15(11-22)19(24)23-17-10-16(21)6-4-12(17)2/h4-10H,3H2,1-2H3,(H,23,24)(H,25,26)/b15-9+. The molecule has 0 radical (unpaired) electrons. The van der Waals surface area contributed by atoms with Crippen molar-refractivity contribution in [2.45, 2.75) is 13.8 Å². The van der Waals surface area contributed by atoms with Crippen molar-refractivity contribution in [1.29, 1.82) is 5.26 Å². The normalized spacial score (nSPS) is 10.8. The molecule has 0 unspecified atom stereocenters. The summed E-state index contributed by atoms with van der Waals surface area (Å²) < 4.78 is 5.45. The van der Waals surface area contributed by atoms with Gasteiger partial charge in [0.1, 0.15) is 17.4 Å². The van der Waals surface area contributed by atoms with Gasteiger partial charge in [-0.15, -0.1) is 0 Å². The van der Waals surface area contributed by atoms with Crippen molar-refractivity contribution in [2.24, 2.45) is 0 Å². The second kappa shape index (κ2) is 8.88. The Balaban J connectivity index is 2.41. The molecular weight excluding hydrogens is 368 g/mol. The molecule has 2 aromatic rings. The van der Waals surface area contributed by atoms with E-state index in [1.807, 2.05) is 6.07 Å². The Morgan fingerprint density at radius 3 is 2.67 bits per heavy atom. The molecule has 27 heavy (non-hydrogen) atoms. The molecule has 0 aromatic heterocycles. The SMILES string of the molecule is CCOc1ccc(C(=O)O)cc1/C=C(\C#N)C(=O)Nc1cc(Cl)ccc1C. The zero-order valence-electron chi connectivity index (χ0n) is 14.7. The zero-order valence-corrected chi connectivity index (χ0v) is 15.5. The van der Waals surface area contributed by atoms with E-state index in [-0.39, 0.29) is 11.1 Å². The van der Waals surface area contributed by atoms with Gasteiger partial charge in [0, 0.05) is 16.3 Å². The molecule has 0 aliphatic carbocycles. The first kappa shape index (κ1) is 20.0. The Bertz CT molecular complexity index is 961. The average molecular weight is 385 g/mol. The van der Waals surface area contributed by atoms with Crippen LogP contribution in [-0.4, -0.2) is 23.6 Å². The molecule has 0 heterocycles. The van der Waals surface area contributed by atoms with Crippen LogP contribution >= 0.6 is 11.6 Å². The Hall–Kier alpha value is -3.30. The maximum Gasteiger partial charge on any atom is 0.335 e. The summed E-state index contributed by atoms with van der Waals surface area (Å²) in [6.07, 6.45) is 1.30. The van der Waals surface area contributed by atoms with Crippen molar-refractivity contribution in [2.75, 3.05) is 11.9 Å². The van der Waals surface area contributed by atoms with Crippen molar-refractivity contribution in [1.82, 2.24) is 0 Å². The van der Waals surface area contributed by atoms with Gasteiger partial charge in [0.05, 0.1) is 12.2 Å². The number of ether oxygens (including phenoxy) is 1. The van der Waals surface area contributed by atoms with Crippen LogP contribution in [0.4, 0.5) is 5.69 Å². The second-order valence-electron chi connectivity index (χ2n) is 5.57. The Morgan fingerprint density at radius 1 is 1.30 bits per heavy atom. The van der Waals surface area contributed by atoms with E-state index < -0.39 is 11.9 Å². The predicted octanol–water partition coefficient (Wildman–Crippen LogP) is 4.29. The summed E-state index contributed by atoms with van der Waals surface area (Å²) in [6.45, 7) is 3.92. The summed E-state index contributed by atoms with van der Waals surface area (Å²) in [5.41, 5.74) is 1.42. The summed E-state index contributed by atoms with van der Waals surface area (Å²) in [5, 5.41) is 21.7. The lowest BCUT2D eigenvalue weighted by Gasteiger charge is -2.10. The summed E-state index contributed by atoms with van der Waals surface area (Å²) in [6, 6.07) is 11.1. The van der Waals surface area contributed by atoms with E-state index in [4.69, 9.17) is 21.4 Å². The van der Waals surface area contributed by atoms with Gasteiger partial charge in [-0.25, -0.2) is 4.79 Å². The highest BCUT2D eigenvalue weighted by molar-refractivity contribution is 6.31. The Morgan fingerprint density at radius 2 is 2.04 bits per heavy atom. The van der Waals surface area contributed by atoms with Gasteiger partial charge in [-0.2, -0.15) is 5.26 Å². The fraction of sp³-hybridized carbons (Fsp3) is 0.150. The van der Waals surface area contributed by atoms with E-state index in [1.54, 1.807) is 32.0 Å². The monoisotopic (exact) mass is 384 g/mol. The molecule has 0 atom stereocenters. The fourth-order valence-electron chi connectivity index (χ4n) is 2.30. The van der Waals surface area contributed by atoms with Gasteiger partial charge in [-0.1, -0.05) is 17.7 Å². The third kappa shape index (κ3) is 5.09. The zero-order chi connectivity index (χ0) is 20.0. The number of carbonyl (C=O) groups is 2. The first-order chi connectivity index (χ1) is 12.8. The van der Waals surface area contributed by atoms with Crippen LogP contribution in [0, 0.1) is 18.3 Å². The number of hydrogen-bond acceptors (Lipinski definition) is 4. The Labute approximate surface area is 161 Å². The number of amides is 1. The molecule has 2 aromatic carbocycles. The van der Waals surface area contributed by atoms with E-state index >= 15 is 0 Å². The van der Waals surface area contributed by atoms with Crippen LogP contribution < -0.4 is 10.1 Å². The van der Waals surface area contributed by atoms with Gasteiger partial charge in [0.25, 0.3) is 5.91 Å². The molecule has 0 fully saturated rings. The van der Waals surface area contributed by atoms with Crippen LogP contribution in [0.3, 0.4) is 0 Å². The number of halogens is 1. The lowest BCUT2D eigenvalue weighted by molar-refractivity contribution is -0.112. The molecule has 0 spiro atoms. The van der Waals surface area contributed by atoms with Gasteiger partial charge in [-0.05, 0) is 55.8 Å². The number of carboxylic acid groups (broad SMARTS) is 1. The molecule has 0 saturated heterocycles. The third-order valence-electron chi connectivity index (χ3n) is 3.67. The number of nitrogens with zero attached hydrogens (tertiary/aromatic N) is 1. The number of aromatic carboxylic acids is 1. The Kier molecular flexibility index (Phi) is 6.58. The largest absolute Gasteiger partial charge is 0.493 e. The molecule has 6 nitrogen and oxygen atoms in total. The molecule has 138 valence electrons. The molecule has 1 amide bonds. The van der Waals surface area contributed by atoms with Crippen LogP contribution in [0.1, 0.15) is 28.4 Å². The average Bonchev–Trinajstić information content (AvgIpc) is 2.63. The van der Waals surface area contributed by atoms with Crippen LogP contribution in [0.2, 0.25) is 5.02 Å². The number of carbonyl (C=O) groups excluding carboxylic acids is 1. The topological polar surface area (TPSA) is 99.4 Å². The number of anilines is 1. The van der Waals surface area contributed by atoms with Gasteiger partial charge < -0.3 is 15.2 Å². The molecule has 0 aliphatic rings. The van der Waals surface area contributed by atoms with E-state index in [2.05, 4.69) is 5.32 Å². The highest BCUT2D eigenvalue weighted by Crippen LogP contribution is 2.25. The van der Waals surface area contributed by atoms with E-state index in [1.165, 1.54) is 24.3 Å². The van der Waals surface area contributed by atoms with Crippen molar-refractivity contribution in [3.8, 4) is 11.8 Å². The number of carboxylic acids is 1. The second-order valence-corrected chi connectivity index (χ2v) is 6.01. The first-order valence-corrected chi connectivity index (χ1v) is 8.43. The lowest BCUT2D eigenvalue weighted by Crippen LogP contribution is -2.14. The quantitative estimate of drug-likeness (QED) is 0.571. The minimum atomic E-state index is -1.12. The molecule has 0 saturated carbocycles. The molecule has 0 bridgehead atoms. The molecule has 2 rings (SSSR count). The predicted molar refractivity (Wildman–Crippen MR) is 103 cm³/mol. The minimum Gasteiger partial charge on any atom is -0.493 e. The first-order valence-electron chi connectivity index (χ1n) is 8.05. The smallest absolute Gasteiger partial charge is 0.335 e. The van der Waals surface area contributed by atoms with Gasteiger partial charge in [-0.3, -0.25) is 4.79 Å². The summed E-state index contributed by atoms with van der Waals surface area (Å²) in [4.78, 5) is 23.7. The number of nitriles is 1. The maximum absolute atomic E-state index is 12.5. The molecule has 7 heteroatoms. The van der Waals surface area contributed by atoms with E-state index in [0.717, 1.165) is 5.56 Å². The number of hydrogen-bond donors (Lipinski definition) is 2. The number of rotatable bonds is 6. The van der Waals surface area contributed by atoms with Crippen LogP contribution in [0.5, 0.6) is 5.75 Å². The van der Waals surface area contributed by atoms with Crippen molar-refractivity contribution >= 4 is 35.2 Å². The maximum atomic E-state index is 12.5. The van der Waals surface area contributed by atoms with Crippen LogP contribution in [0.25, 0.3) is 6.08 Å². The van der Waals surface area contributed by atoms with Crippen LogP contribution in [-0.2, 0) is 4.79 Å². The highest BCUT2D eigenvalue weighted by Gasteiger charge is 2.14. The lowest BCUT2D eigenvalue weighted by atomic mass is 10.1. The van der Waals surface area contributed by atoms with Crippen molar-refractivity contribution in [3.63, 3.8) is 0 Å². The highest BCUT2D eigenvalue weighted by atomic mass is 35.5. The summed E-state index contributed by atoms with van der Waals surface area (Å²) >= 11 is 5.94. The van der Waals surface area contributed by atoms with E-state index in [9.17, 15) is 14.9 Å². The number of benzene rings is 2. The van der Waals surface area contributed by atoms with Crippen molar-refractivity contribution in [3.05, 3.63) is 63.7 Å². The van der Waals surface area contributed by atoms with Crippen LogP contribution in [0.15, 0.2) is 42.0 Å². The molecule has 0 aliphatic heterocycles. The number of nitrogens with one attached hydrogen (secondary N) is 1. The summed E-state index contributed by atoms with van der Waals surface area (Å²) in [7, 11) is 0. The van der Waals surface area contributed by atoms with E-state index in [0.29, 0.717) is 28.6 Å². The molecular formula is C20H17ClN2O4. The third-order valence-corrected chi connectivity index (χ3v) is 3.90. The summed E-state index contributed by atoms with van der Waals surface area (Å²) in [5.74, 6) is -1.38.